The maximum atomic E-state index is 13.1. The third-order valence-corrected chi connectivity index (χ3v) is 6.78. The Morgan fingerprint density at radius 3 is 2.39 bits per heavy atom. The summed E-state index contributed by atoms with van der Waals surface area (Å²) in [5.41, 5.74) is 1.05. The lowest BCUT2D eigenvalue weighted by Gasteiger charge is -2.47. The Kier molecular flexibility index (Phi) is 12.6. The number of halogens is 1. The molecule has 6 N–H and O–H groups in total. The number of hydrogen-bond acceptors (Lipinski definition) is 11. The van der Waals surface area contributed by atoms with Crippen molar-refractivity contribution < 1.29 is 58.1 Å². The van der Waals surface area contributed by atoms with Crippen molar-refractivity contribution in [2.75, 3.05) is 26.9 Å². The van der Waals surface area contributed by atoms with E-state index in [9.17, 15) is 39.2 Å². The summed E-state index contributed by atoms with van der Waals surface area (Å²) in [7, 11) is 1.05. The number of aliphatic hydroxyl groups excluding tert-OH is 4. The van der Waals surface area contributed by atoms with Gasteiger partial charge < -0.3 is 50.0 Å². The Morgan fingerprint density at radius 2 is 1.77 bits per heavy atom. The molecule has 14 heteroatoms. The molecule has 3 rings (SSSR count). The van der Waals surface area contributed by atoms with Crippen molar-refractivity contribution >= 4 is 17.8 Å². The summed E-state index contributed by atoms with van der Waals surface area (Å²) >= 11 is 0. The van der Waals surface area contributed by atoms with Crippen LogP contribution in [0.3, 0.4) is 0 Å². The predicted octanol–water partition coefficient (Wildman–Crippen LogP) is -1.07. The van der Waals surface area contributed by atoms with Gasteiger partial charge in [-0.2, -0.15) is 0 Å². The monoisotopic (exact) mass is 618 g/mol. The minimum absolute atomic E-state index is 0.0640. The third-order valence-electron chi connectivity index (χ3n) is 6.78. The summed E-state index contributed by atoms with van der Waals surface area (Å²) in [5, 5.41) is 46.9. The second-order valence-electron chi connectivity index (χ2n) is 9.94. The second kappa shape index (κ2) is 16.1. The standard InChI is InChI=1S/C30H35FN2O11/c1-3-12-42-21-10-6-19(7-11-21)17-43-30(29(40)41-2)14-22(35)26(33-25(38)16-34)28(44-30)27(39)23(36)15-32-24(37)13-18-4-8-20(31)9-5-18/h1,4-11,22-23,26-28,34-36,39H,12-17H2,2H3,(H,32,37)(H,33,38)/t22-,23+,26+,27+,28+,30+/m0/s1. The van der Waals surface area contributed by atoms with Gasteiger partial charge in [-0.05, 0) is 35.4 Å². The number of carbonyl (C=O) groups is 3. The number of ether oxygens (including phenoxy) is 4. The molecule has 238 valence electrons. The Labute approximate surface area is 252 Å². The van der Waals surface area contributed by atoms with Gasteiger partial charge in [-0.25, -0.2) is 9.18 Å². The van der Waals surface area contributed by atoms with Crippen LogP contribution >= 0.6 is 0 Å². The maximum Gasteiger partial charge on any atom is 0.366 e. The molecule has 44 heavy (non-hydrogen) atoms. The summed E-state index contributed by atoms with van der Waals surface area (Å²) in [6.07, 6.45) is -2.46. The average molecular weight is 619 g/mol. The molecule has 1 aliphatic heterocycles. The van der Waals surface area contributed by atoms with Crippen molar-refractivity contribution in [2.45, 2.75) is 55.7 Å². The molecule has 1 aliphatic rings. The van der Waals surface area contributed by atoms with Gasteiger partial charge in [-0.15, -0.1) is 6.42 Å². The number of aliphatic hydroxyl groups is 4. The van der Waals surface area contributed by atoms with Crippen molar-refractivity contribution in [3.63, 3.8) is 0 Å². The van der Waals surface area contributed by atoms with E-state index in [1.54, 1.807) is 24.3 Å². The lowest BCUT2D eigenvalue weighted by molar-refractivity contribution is -0.315. The number of carbonyl (C=O) groups excluding carboxylic acids is 3. The van der Waals surface area contributed by atoms with Crippen LogP contribution in [0.5, 0.6) is 5.75 Å². The Hall–Kier alpha value is -4.10. The first-order valence-electron chi connectivity index (χ1n) is 13.5. The number of nitrogens with one attached hydrogen (secondary N) is 2. The Bertz CT molecular complexity index is 1300. The fraction of sp³-hybridized carbons (Fsp3) is 0.433. The molecular formula is C30H35FN2O11. The first-order chi connectivity index (χ1) is 21.0. The highest BCUT2D eigenvalue weighted by Crippen LogP contribution is 2.35. The van der Waals surface area contributed by atoms with Gasteiger partial charge in [0.15, 0.2) is 0 Å². The van der Waals surface area contributed by atoms with E-state index in [2.05, 4.69) is 16.6 Å². The maximum absolute atomic E-state index is 13.1. The fourth-order valence-corrected chi connectivity index (χ4v) is 4.51. The topological polar surface area (TPSA) is 193 Å². The van der Waals surface area contributed by atoms with E-state index in [0.717, 1.165) is 7.11 Å². The fourth-order valence-electron chi connectivity index (χ4n) is 4.51. The normalized spacial score (nSPS) is 22.6. The van der Waals surface area contributed by atoms with Gasteiger partial charge >= 0.3 is 5.97 Å². The van der Waals surface area contributed by atoms with Gasteiger partial charge in [0.25, 0.3) is 5.79 Å². The van der Waals surface area contributed by atoms with Crippen LogP contribution in [0.1, 0.15) is 17.5 Å². The van der Waals surface area contributed by atoms with Crippen molar-refractivity contribution in [3.8, 4) is 18.1 Å². The van der Waals surface area contributed by atoms with Crippen LogP contribution < -0.4 is 15.4 Å². The largest absolute Gasteiger partial charge is 0.481 e. The summed E-state index contributed by atoms with van der Waals surface area (Å²) in [4.78, 5) is 37.4. The highest BCUT2D eigenvalue weighted by Gasteiger charge is 2.56. The van der Waals surface area contributed by atoms with Gasteiger partial charge in [0, 0.05) is 13.0 Å². The molecule has 0 bridgehead atoms. The molecule has 2 aromatic rings. The molecule has 13 nitrogen and oxygen atoms in total. The highest BCUT2D eigenvalue weighted by molar-refractivity contribution is 5.79. The van der Waals surface area contributed by atoms with Crippen LogP contribution in [-0.2, 0) is 41.6 Å². The second-order valence-corrected chi connectivity index (χ2v) is 9.94. The minimum atomic E-state index is -2.30. The molecule has 0 radical (unpaired) electrons. The quantitative estimate of drug-likeness (QED) is 0.112. The molecule has 6 atom stereocenters. The van der Waals surface area contributed by atoms with Gasteiger partial charge in [-0.3, -0.25) is 9.59 Å². The van der Waals surface area contributed by atoms with E-state index in [1.807, 2.05) is 0 Å². The van der Waals surface area contributed by atoms with Crippen LogP contribution in [0.15, 0.2) is 48.5 Å². The zero-order chi connectivity index (χ0) is 32.3. The number of hydrogen-bond donors (Lipinski definition) is 6. The molecule has 1 saturated heterocycles. The van der Waals surface area contributed by atoms with E-state index in [1.165, 1.54) is 24.3 Å². The number of terminal acetylenes is 1. The van der Waals surface area contributed by atoms with Gasteiger partial charge in [0.05, 0.1) is 38.4 Å². The van der Waals surface area contributed by atoms with Gasteiger partial charge in [0.2, 0.25) is 11.8 Å². The van der Waals surface area contributed by atoms with Crippen molar-refractivity contribution in [3.05, 3.63) is 65.5 Å². The predicted molar refractivity (Wildman–Crippen MR) is 150 cm³/mol. The van der Waals surface area contributed by atoms with Crippen molar-refractivity contribution in [2.24, 2.45) is 0 Å². The summed E-state index contributed by atoms with van der Waals surface area (Å²) in [5.74, 6) is -2.50. The lowest BCUT2D eigenvalue weighted by atomic mass is 9.88. The zero-order valence-corrected chi connectivity index (χ0v) is 23.9. The van der Waals surface area contributed by atoms with Gasteiger partial charge in [0.1, 0.15) is 37.0 Å². The number of benzene rings is 2. The highest BCUT2D eigenvalue weighted by atomic mass is 19.1. The molecule has 1 heterocycles. The zero-order valence-electron chi connectivity index (χ0n) is 23.9. The van der Waals surface area contributed by atoms with E-state index >= 15 is 0 Å². The first-order valence-corrected chi connectivity index (χ1v) is 13.5. The molecule has 0 saturated carbocycles. The van der Waals surface area contributed by atoms with E-state index in [-0.39, 0.29) is 19.6 Å². The first kappa shape index (κ1) is 34.4. The number of esters is 1. The van der Waals surface area contributed by atoms with Crippen molar-refractivity contribution in [1.29, 1.82) is 0 Å². The smallest absolute Gasteiger partial charge is 0.366 e. The summed E-state index contributed by atoms with van der Waals surface area (Å²) < 4.78 is 35.1. The Morgan fingerprint density at radius 1 is 1.11 bits per heavy atom. The van der Waals surface area contributed by atoms with Crippen LogP contribution in [0, 0.1) is 18.2 Å². The number of rotatable bonds is 14. The summed E-state index contributed by atoms with van der Waals surface area (Å²) in [6, 6.07) is 10.3. The summed E-state index contributed by atoms with van der Waals surface area (Å²) in [6.45, 7) is -1.64. The Balaban J connectivity index is 1.77. The number of methoxy groups -OCH3 is 1. The SMILES string of the molecule is C#CCOc1ccc(CO[C@]2(C(=O)OC)C[C@H](O)[C@@H](NC(=O)CO)[C@H]([C@H](O)[C@H](O)CNC(=O)Cc3ccc(F)cc3)O2)cc1. The molecule has 1 fully saturated rings. The molecule has 0 spiro atoms. The van der Waals surface area contributed by atoms with Crippen LogP contribution in [0.25, 0.3) is 0 Å². The van der Waals surface area contributed by atoms with E-state index in [0.29, 0.717) is 16.9 Å². The van der Waals surface area contributed by atoms with Crippen LogP contribution in [-0.4, -0.2) is 101 Å². The van der Waals surface area contributed by atoms with Crippen LogP contribution in [0.4, 0.5) is 4.39 Å². The molecular weight excluding hydrogens is 583 g/mol. The van der Waals surface area contributed by atoms with Gasteiger partial charge in [-0.1, -0.05) is 30.2 Å². The van der Waals surface area contributed by atoms with Crippen molar-refractivity contribution in [1.82, 2.24) is 10.6 Å². The van der Waals surface area contributed by atoms with Crippen LogP contribution in [0.2, 0.25) is 0 Å². The average Bonchev–Trinajstić information content (AvgIpc) is 3.03. The van der Waals surface area contributed by atoms with E-state index in [4.69, 9.17) is 25.4 Å². The molecule has 2 amide bonds. The molecule has 0 aliphatic carbocycles. The lowest BCUT2D eigenvalue weighted by Crippen LogP contribution is -2.68. The molecule has 0 aromatic heterocycles. The molecule has 0 unspecified atom stereocenters. The third kappa shape index (κ3) is 9.20. The minimum Gasteiger partial charge on any atom is -0.481 e. The van der Waals surface area contributed by atoms with E-state index < -0.39 is 79.4 Å². The number of amides is 2. The molecule has 2 aromatic carbocycles.